The number of nitrogens with one attached hydrogen (secondary N) is 1. The smallest absolute Gasteiger partial charge is 0.183 e. The molecule has 1 aromatic rings. The van der Waals surface area contributed by atoms with Gasteiger partial charge in [0, 0.05) is 19.1 Å². The number of ether oxygens (including phenoxy) is 1. The van der Waals surface area contributed by atoms with Gasteiger partial charge in [-0.1, -0.05) is 0 Å². The molecule has 2 aliphatic rings. The second kappa shape index (κ2) is 5.54. The van der Waals surface area contributed by atoms with Gasteiger partial charge in [-0.3, -0.25) is 4.90 Å². The Morgan fingerprint density at radius 3 is 3.10 bits per heavy atom. The first-order valence-electron chi connectivity index (χ1n) is 6.98. The lowest BCUT2D eigenvalue weighted by Gasteiger charge is -2.35. The van der Waals surface area contributed by atoms with Gasteiger partial charge in [0.1, 0.15) is 0 Å². The molecule has 20 heavy (non-hydrogen) atoms. The molecule has 3 rings (SSSR count). The maximum atomic E-state index is 13.7. The van der Waals surface area contributed by atoms with Crippen LogP contribution >= 0.6 is 0 Å². The molecule has 2 fully saturated rings. The van der Waals surface area contributed by atoms with E-state index in [9.17, 15) is 8.78 Å². The average Bonchev–Trinajstić information content (AvgIpc) is 2.90. The summed E-state index contributed by atoms with van der Waals surface area (Å²) in [5, 5.41) is 2.88. The number of halogens is 2. The number of hydrogen-bond donors (Lipinski definition) is 2. The van der Waals surface area contributed by atoms with Crippen LogP contribution in [0.5, 0.6) is 0 Å². The third kappa shape index (κ3) is 2.58. The maximum absolute atomic E-state index is 13.7. The molecule has 3 N–H and O–H groups in total. The zero-order valence-corrected chi connectivity index (χ0v) is 11.2. The summed E-state index contributed by atoms with van der Waals surface area (Å²) < 4.78 is 32.6. The Kier molecular flexibility index (Phi) is 3.76. The lowest BCUT2D eigenvalue weighted by molar-refractivity contribution is -0.0415. The van der Waals surface area contributed by atoms with Crippen molar-refractivity contribution in [2.75, 3.05) is 37.3 Å². The molecule has 6 heteroatoms. The fourth-order valence-electron chi connectivity index (χ4n) is 2.97. The minimum Gasteiger partial charge on any atom is -0.397 e. The van der Waals surface area contributed by atoms with Crippen molar-refractivity contribution < 1.29 is 13.5 Å². The van der Waals surface area contributed by atoms with Gasteiger partial charge in [-0.05, 0) is 31.5 Å². The third-order valence-corrected chi connectivity index (χ3v) is 4.10. The summed E-state index contributed by atoms with van der Waals surface area (Å²) >= 11 is 0. The van der Waals surface area contributed by atoms with Crippen LogP contribution < -0.4 is 11.1 Å². The van der Waals surface area contributed by atoms with Gasteiger partial charge < -0.3 is 15.8 Å². The molecule has 2 aliphatic heterocycles. The standard InChI is InChI=1S/C14H19F2N3O/c15-11-3-4-12(17)14(13(11)16)18-6-10-7-19-5-1-2-9(19)8-20-10/h3-4,9-10,18H,1-2,5-8,17H2. The molecule has 2 atom stereocenters. The van der Waals surface area contributed by atoms with Crippen LogP contribution in [0.25, 0.3) is 0 Å². The fourth-order valence-corrected chi connectivity index (χ4v) is 2.97. The Hall–Kier alpha value is -1.40. The first kappa shape index (κ1) is 13.6. The first-order valence-corrected chi connectivity index (χ1v) is 6.98. The predicted molar refractivity (Wildman–Crippen MR) is 73.6 cm³/mol. The molecule has 0 spiro atoms. The Balaban J connectivity index is 1.61. The second-order valence-corrected chi connectivity index (χ2v) is 5.45. The Morgan fingerprint density at radius 2 is 2.25 bits per heavy atom. The fraction of sp³-hybridized carbons (Fsp3) is 0.571. The number of benzene rings is 1. The van der Waals surface area contributed by atoms with E-state index >= 15 is 0 Å². The van der Waals surface area contributed by atoms with Gasteiger partial charge in [-0.2, -0.15) is 0 Å². The molecule has 2 saturated heterocycles. The molecule has 0 amide bonds. The first-order chi connectivity index (χ1) is 9.65. The van der Waals surface area contributed by atoms with Crippen molar-refractivity contribution in [2.24, 2.45) is 0 Å². The van der Waals surface area contributed by atoms with Gasteiger partial charge in [0.05, 0.1) is 24.1 Å². The molecule has 110 valence electrons. The molecule has 2 heterocycles. The van der Waals surface area contributed by atoms with Gasteiger partial charge in [0.2, 0.25) is 0 Å². The molecule has 0 aromatic heterocycles. The minimum atomic E-state index is -0.931. The molecule has 1 aromatic carbocycles. The van der Waals surface area contributed by atoms with E-state index in [2.05, 4.69) is 10.2 Å². The summed E-state index contributed by atoms with van der Waals surface area (Å²) in [6.07, 6.45) is 2.37. The van der Waals surface area contributed by atoms with Crippen molar-refractivity contribution in [3.05, 3.63) is 23.8 Å². The largest absolute Gasteiger partial charge is 0.397 e. The molecular weight excluding hydrogens is 264 g/mol. The molecular formula is C14H19F2N3O. The van der Waals surface area contributed by atoms with E-state index in [-0.39, 0.29) is 17.5 Å². The number of rotatable bonds is 3. The minimum absolute atomic E-state index is 0.0218. The number of morpholine rings is 1. The Labute approximate surface area is 116 Å². The van der Waals surface area contributed by atoms with E-state index in [4.69, 9.17) is 10.5 Å². The highest BCUT2D eigenvalue weighted by atomic mass is 19.2. The van der Waals surface area contributed by atoms with E-state index in [1.807, 2.05) is 0 Å². The van der Waals surface area contributed by atoms with Crippen molar-refractivity contribution in [3.8, 4) is 0 Å². The van der Waals surface area contributed by atoms with E-state index in [1.165, 1.54) is 18.9 Å². The van der Waals surface area contributed by atoms with E-state index in [0.29, 0.717) is 19.2 Å². The number of nitrogens with two attached hydrogens (primary N) is 1. The van der Waals surface area contributed by atoms with Crippen molar-refractivity contribution in [2.45, 2.75) is 25.0 Å². The second-order valence-electron chi connectivity index (χ2n) is 5.45. The molecule has 2 unspecified atom stereocenters. The van der Waals surface area contributed by atoms with E-state index < -0.39 is 11.6 Å². The monoisotopic (exact) mass is 283 g/mol. The van der Waals surface area contributed by atoms with Crippen molar-refractivity contribution in [1.29, 1.82) is 0 Å². The van der Waals surface area contributed by atoms with Gasteiger partial charge in [-0.25, -0.2) is 8.78 Å². The summed E-state index contributed by atoms with van der Waals surface area (Å²) in [7, 11) is 0. The molecule has 0 saturated carbocycles. The van der Waals surface area contributed by atoms with E-state index in [1.54, 1.807) is 0 Å². The van der Waals surface area contributed by atoms with Crippen LogP contribution in [0.1, 0.15) is 12.8 Å². The van der Waals surface area contributed by atoms with Crippen molar-refractivity contribution in [1.82, 2.24) is 4.90 Å². The van der Waals surface area contributed by atoms with Crippen LogP contribution in [0.15, 0.2) is 12.1 Å². The van der Waals surface area contributed by atoms with Crippen molar-refractivity contribution in [3.63, 3.8) is 0 Å². The van der Waals surface area contributed by atoms with Gasteiger partial charge in [0.25, 0.3) is 0 Å². The number of hydrogen-bond acceptors (Lipinski definition) is 4. The number of fused-ring (bicyclic) bond motifs is 1. The summed E-state index contributed by atoms with van der Waals surface area (Å²) in [5.41, 5.74) is 5.90. The van der Waals surface area contributed by atoms with Crippen molar-refractivity contribution >= 4 is 11.4 Å². The number of anilines is 2. The summed E-state index contributed by atoms with van der Waals surface area (Å²) in [4.78, 5) is 2.40. The quantitative estimate of drug-likeness (QED) is 0.831. The highest BCUT2D eigenvalue weighted by Crippen LogP contribution is 2.26. The molecule has 0 radical (unpaired) electrons. The van der Waals surface area contributed by atoms with Crippen LogP contribution in [-0.2, 0) is 4.74 Å². The normalized spacial score (nSPS) is 26.5. The van der Waals surface area contributed by atoms with Crippen LogP contribution in [0.2, 0.25) is 0 Å². The van der Waals surface area contributed by atoms with Crippen LogP contribution in [0.3, 0.4) is 0 Å². The summed E-state index contributed by atoms with van der Waals surface area (Å²) in [6, 6.07) is 2.92. The molecule has 0 aliphatic carbocycles. The maximum Gasteiger partial charge on any atom is 0.183 e. The lowest BCUT2D eigenvalue weighted by atomic mass is 10.2. The van der Waals surface area contributed by atoms with Gasteiger partial charge in [0.15, 0.2) is 11.6 Å². The van der Waals surface area contributed by atoms with Gasteiger partial charge >= 0.3 is 0 Å². The topological polar surface area (TPSA) is 50.5 Å². The molecule has 0 bridgehead atoms. The number of nitrogen functional groups attached to an aromatic ring is 1. The Bertz CT molecular complexity index is 498. The van der Waals surface area contributed by atoms with Crippen LogP contribution in [0, 0.1) is 11.6 Å². The summed E-state index contributed by atoms with van der Waals surface area (Å²) in [5.74, 6) is -1.83. The summed E-state index contributed by atoms with van der Waals surface area (Å²) in [6.45, 7) is 3.07. The number of nitrogens with zero attached hydrogens (tertiary/aromatic N) is 1. The third-order valence-electron chi connectivity index (χ3n) is 4.10. The zero-order chi connectivity index (χ0) is 14.1. The Morgan fingerprint density at radius 1 is 1.40 bits per heavy atom. The predicted octanol–water partition coefficient (Wildman–Crippen LogP) is 1.82. The molecule has 4 nitrogen and oxygen atoms in total. The van der Waals surface area contributed by atoms with Crippen LogP contribution in [0.4, 0.5) is 20.2 Å². The zero-order valence-electron chi connectivity index (χ0n) is 11.2. The average molecular weight is 283 g/mol. The van der Waals surface area contributed by atoms with Gasteiger partial charge in [-0.15, -0.1) is 0 Å². The highest BCUT2D eigenvalue weighted by Gasteiger charge is 2.32. The van der Waals surface area contributed by atoms with E-state index in [0.717, 1.165) is 19.2 Å². The highest BCUT2D eigenvalue weighted by molar-refractivity contribution is 5.66. The lowest BCUT2D eigenvalue weighted by Crippen LogP contribution is -2.48. The SMILES string of the molecule is Nc1ccc(F)c(F)c1NCC1CN2CCCC2CO1. The van der Waals surface area contributed by atoms with Crippen LogP contribution in [-0.4, -0.2) is 43.3 Å².